The highest BCUT2D eigenvalue weighted by molar-refractivity contribution is 5.85. The van der Waals surface area contributed by atoms with Crippen LogP contribution in [-0.2, 0) is 12.5 Å². The molecule has 0 aliphatic heterocycles. The third kappa shape index (κ3) is 2.34. The van der Waals surface area contributed by atoms with Crippen LogP contribution in [0.5, 0.6) is 0 Å². The minimum atomic E-state index is 0.0493. The average molecular weight is 343 g/mol. The first kappa shape index (κ1) is 17.0. The van der Waals surface area contributed by atoms with Gasteiger partial charge in [0.25, 0.3) is 0 Å². The molecule has 3 aromatic rings. The smallest absolute Gasteiger partial charge is 0.201 e. The summed E-state index contributed by atoms with van der Waals surface area (Å²) in [6, 6.07) is 18.1. The second-order valence-corrected chi connectivity index (χ2v) is 8.46. The van der Waals surface area contributed by atoms with E-state index in [1.807, 2.05) is 0 Å². The molecule has 1 heteroatoms. The third-order valence-electron chi connectivity index (χ3n) is 6.00. The Morgan fingerprint density at radius 1 is 0.885 bits per heavy atom. The maximum atomic E-state index is 2.42. The summed E-state index contributed by atoms with van der Waals surface area (Å²) in [4.78, 5) is 0. The van der Waals surface area contributed by atoms with Crippen molar-refractivity contribution in [1.82, 2.24) is 0 Å². The van der Waals surface area contributed by atoms with Gasteiger partial charge in [-0.1, -0.05) is 52.0 Å². The van der Waals surface area contributed by atoms with E-state index in [1.165, 1.54) is 44.6 Å². The van der Waals surface area contributed by atoms with Gasteiger partial charge >= 0.3 is 0 Å². The lowest BCUT2D eigenvalue weighted by Crippen LogP contribution is -2.30. The lowest BCUT2D eigenvalue weighted by Gasteiger charge is -2.26. The highest BCUT2D eigenvalue weighted by Gasteiger charge is 2.38. The van der Waals surface area contributed by atoms with E-state index in [-0.39, 0.29) is 5.41 Å². The van der Waals surface area contributed by atoms with Crippen LogP contribution in [0.2, 0.25) is 0 Å². The van der Waals surface area contributed by atoms with Gasteiger partial charge in [0, 0.05) is 23.1 Å². The van der Waals surface area contributed by atoms with Gasteiger partial charge in [-0.15, -0.1) is 0 Å². The number of aromatic nitrogens is 1. The summed E-state index contributed by atoms with van der Waals surface area (Å²) < 4.78 is 2.21. The summed E-state index contributed by atoms with van der Waals surface area (Å²) in [6.45, 7) is 11.6. The zero-order chi connectivity index (χ0) is 18.6. The predicted molar refractivity (Wildman–Crippen MR) is 109 cm³/mol. The van der Waals surface area contributed by atoms with Gasteiger partial charge in [-0.2, -0.15) is 0 Å². The van der Waals surface area contributed by atoms with E-state index < -0.39 is 0 Å². The number of pyridine rings is 1. The van der Waals surface area contributed by atoms with Crippen molar-refractivity contribution in [3.63, 3.8) is 0 Å². The molecule has 1 aliphatic rings. The molecule has 0 N–H and O–H groups in total. The molecular formula is C25H28N+. The van der Waals surface area contributed by atoms with Crippen molar-refractivity contribution in [2.24, 2.45) is 7.05 Å². The first-order valence-electron chi connectivity index (χ1n) is 9.56. The molecule has 4 rings (SSSR count). The molecule has 0 unspecified atom stereocenters. The molecule has 0 atom stereocenters. The topological polar surface area (TPSA) is 3.88 Å². The second-order valence-electron chi connectivity index (χ2n) is 8.46. The van der Waals surface area contributed by atoms with Crippen LogP contribution in [0.4, 0.5) is 0 Å². The van der Waals surface area contributed by atoms with Crippen LogP contribution in [0.1, 0.15) is 55.9 Å². The number of rotatable bonds is 2. The molecule has 26 heavy (non-hydrogen) atoms. The van der Waals surface area contributed by atoms with E-state index in [4.69, 9.17) is 0 Å². The molecule has 0 radical (unpaired) electrons. The van der Waals surface area contributed by atoms with E-state index in [0.29, 0.717) is 5.92 Å². The van der Waals surface area contributed by atoms with Crippen molar-refractivity contribution in [1.29, 1.82) is 0 Å². The predicted octanol–water partition coefficient (Wildman–Crippen LogP) is 5.92. The Balaban J connectivity index is 2.02. The normalized spacial score (nSPS) is 14.4. The summed E-state index contributed by atoms with van der Waals surface area (Å²) in [6.07, 6.45) is 2.12. The fraction of sp³-hybridized carbons (Fsp3) is 0.320. The number of fused-ring (bicyclic) bond motifs is 3. The molecule has 0 bridgehead atoms. The molecule has 0 saturated heterocycles. The SMILES string of the molecule is Cc1cc2c(cc1-c1cccc[n+]1C)-c1cccc(C(C)C)c1C2(C)C. The fourth-order valence-electron chi connectivity index (χ4n) is 4.63. The Kier molecular flexibility index (Phi) is 3.80. The van der Waals surface area contributed by atoms with Crippen LogP contribution in [-0.4, -0.2) is 0 Å². The molecule has 132 valence electrons. The van der Waals surface area contributed by atoms with Crippen molar-refractivity contribution in [2.45, 2.75) is 46.0 Å². The van der Waals surface area contributed by atoms with Crippen molar-refractivity contribution < 1.29 is 4.57 Å². The van der Waals surface area contributed by atoms with Crippen molar-refractivity contribution >= 4 is 0 Å². The first-order valence-corrected chi connectivity index (χ1v) is 9.56. The van der Waals surface area contributed by atoms with Gasteiger partial charge in [-0.3, -0.25) is 0 Å². The lowest BCUT2D eigenvalue weighted by atomic mass is 9.77. The second kappa shape index (κ2) is 5.81. The average Bonchev–Trinajstić information content (AvgIpc) is 2.82. The Morgan fingerprint density at radius 2 is 1.65 bits per heavy atom. The van der Waals surface area contributed by atoms with E-state index in [9.17, 15) is 0 Å². The summed E-state index contributed by atoms with van der Waals surface area (Å²) in [5, 5.41) is 0. The van der Waals surface area contributed by atoms with Gasteiger partial charge in [0.2, 0.25) is 5.69 Å². The molecule has 1 aromatic heterocycles. The Labute approximate surface area is 157 Å². The van der Waals surface area contributed by atoms with Crippen LogP contribution in [0.25, 0.3) is 22.4 Å². The van der Waals surface area contributed by atoms with Gasteiger partial charge in [0.1, 0.15) is 7.05 Å². The quantitative estimate of drug-likeness (QED) is 0.509. The molecule has 0 spiro atoms. The monoisotopic (exact) mass is 342 g/mol. The van der Waals surface area contributed by atoms with Crippen LogP contribution in [0, 0.1) is 6.92 Å². The zero-order valence-corrected chi connectivity index (χ0v) is 16.7. The maximum absolute atomic E-state index is 2.42. The first-order chi connectivity index (χ1) is 12.3. The molecule has 1 heterocycles. The number of aryl methyl sites for hydroxylation is 2. The van der Waals surface area contributed by atoms with E-state index in [1.54, 1.807) is 0 Å². The summed E-state index contributed by atoms with van der Waals surface area (Å²) >= 11 is 0. The van der Waals surface area contributed by atoms with Crippen LogP contribution in [0.15, 0.2) is 54.7 Å². The molecule has 2 aromatic carbocycles. The lowest BCUT2D eigenvalue weighted by molar-refractivity contribution is -0.660. The third-order valence-corrected chi connectivity index (χ3v) is 6.00. The molecule has 1 nitrogen and oxygen atoms in total. The van der Waals surface area contributed by atoms with Gasteiger partial charge in [-0.05, 0) is 58.4 Å². The summed E-state index contributed by atoms with van der Waals surface area (Å²) in [5.41, 5.74) is 11.2. The van der Waals surface area contributed by atoms with Crippen molar-refractivity contribution in [3.8, 4) is 22.4 Å². The Morgan fingerprint density at radius 3 is 2.35 bits per heavy atom. The van der Waals surface area contributed by atoms with E-state index in [0.717, 1.165) is 0 Å². The number of hydrogen-bond donors (Lipinski definition) is 0. The molecule has 0 fully saturated rings. The van der Waals surface area contributed by atoms with Gasteiger partial charge in [-0.25, -0.2) is 4.57 Å². The summed E-state index contributed by atoms with van der Waals surface area (Å²) in [5.74, 6) is 0.533. The highest BCUT2D eigenvalue weighted by atomic mass is 14.9. The van der Waals surface area contributed by atoms with Crippen LogP contribution < -0.4 is 4.57 Å². The fourth-order valence-corrected chi connectivity index (χ4v) is 4.63. The van der Waals surface area contributed by atoms with Gasteiger partial charge in [0.05, 0.1) is 0 Å². The molecule has 0 saturated carbocycles. The van der Waals surface area contributed by atoms with Crippen molar-refractivity contribution in [2.75, 3.05) is 0 Å². The Hall–Kier alpha value is -2.41. The molecule has 0 amide bonds. The number of hydrogen-bond acceptors (Lipinski definition) is 0. The number of benzene rings is 2. The van der Waals surface area contributed by atoms with E-state index >= 15 is 0 Å². The molecule has 1 aliphatic carbocycles. The standard InChI is InChI=1S/C25H28N/c1-16(2)18-10-9-11-19-21-15-20(23-12-7-8-13-26(23)6)17(3)14-22(21)25(4,5)24(18)19/h7-16H,1-6H3/q+1. The van der Waals surface area contributed by atoms with Gasteiger partial charge in [0.15, 0.2) is 6.20 Å². The van der Waals surface area contributed by atoms with Crippen molar-refractivity contribution in [3.05, 3.63) is 77.0 Å². The zero-order valence-electron chi connectivity index (χ0n) is 16.7. The Bertz CT molecular complexity index is 1010. The highest BCUT2D eigenvalue weighted by Crippen LogP contribution is 2.52. The minimum Gasteiger partial charge on any atom is -0.201 e. The molecular weight excluding hydrogens is 314 g/mol. The van der Waals surface area contributed by atoms with Gasteiger partial charge < -0.3 is 0 Å². The van der Waals surface area contributed by atoms with E-state index in [2.05, 4.69) is 101 Å². The maximum Gasteiger partial charge on any atom is 0.212 e. The largest absolute Gasteiger partial charge is 0.212 e. The summed E-state index contributed by atoms with van der Waals surface area (Å²) in [7, 11) is 2.12. The number of nitrogens with zero attached hydrogens (tertiary/aromatic N) is 1. The minimum absolute atomic E-state index is 0.0493. The van der Waals surface area contributed by atoms with Crippen LogP contribution in [0.3, 0.4) is 0 Å². The van der Waals surface area contributed by atoms with Crippen LogP contribution >= 0.6 is 0 Å².